The van der Waals surface area contributed by atoms with E-state index in [2.05, 4.69) is 26.5 Å². The Balaban J connectivity index is 1.79. The van der Waals surface area contributed by atoms with Gasteiger partial charge in [0.2, 0.25) is 0 Å². The minimum atomic E-state index is -0.180. The zero-order valence-corrected chi connectivity index (χ0v) is 13.4. The van der Waals surface area contributed by atoms with Crippen LogP contribution in [0.3, 0.4) is 0 Å². The van der Waals surface area contributed by atoms with Gasteiger partial charge in [0.15, 0.2) is 5.78 Å². The van der Waals surface area contributed by atoms with Crippen molar-refractivity contribution in [3.63, 3.8) is 0 Å². The molecule has 0 bridgehead atoms. The smallest absolute Gasteiger partial charge is 0.164 e. The van der Waals surface area contributed by atoms with Gasteiger partial charge >= 0.3 is 0 Å². The molecule has 2 heteroatoms. The molecule has 1 aromatic rings. The van der Waals surface area contributed by atoms with Crippen molar-refractivity contribution in [2.45, 2.75) is 45.4 Å². The highest BCUT2D eigenvalue weighted by Gasteiger charge is 2.57. The molecule has 5 atom stereocenters. The zero-order valence-electron chi connectivity index (χ0n) is 13.4. The summed E-state index contributed by atoms with van der Waals surface area (Å²) in [4.78, 5) is 12.6. The van der Waals surface area contributed by atoms with Gasteiger partial charge in [-0.3, -0.25) is 4.79 Å². The third kappa shape index (κ3) is 1.70. The number of hydrogen-bond acceptors (Lipinski definition) is 2. The molecule has 4 rings (SSSR count). The molecular formula is C20H24O2. The molecule has 3 unspecified atom stereocenters. The van der Waals surface area contributed by atoms with Crippen LogP contribution in [0.5, 0.6) is 5.75 Å². The Kier molecular flexibility index (Phi) is 2.85. The lowest BCUT2D eigenvalue weighted by molar-refractivity contribution is -0.127. The number of allylic oxidation sites excluding steroid dienone is 1. The van der Waals surface area contributed by atoms with E-state index in [9.17, 15) is 9.90 Å². The van der Waals surface area contributed by atoms with Crippen molar-refractivity contribution in [3.8, 4) is 5.75 Å². The van der Waals surface area contributed by atoms with E-state index in [1.807, 2.05) is 12.1 Å². The molecule has 2 saturated carbocycles. The average molecular weight is 296 g/mol. The first-order valence-electron chi connectivity index (χ1n) is 8.46. The van der Waals surface area contributed by atoms with Gasteiger partial charge in [-0.05, 0) is 78.2 Å². The SMILES string of the molecule is C=C1CC2C3C(CC[C@]2(C)C1=O)c1ccc(O)cc1C[C@H]3C. The van der Waals surface area contributed by atoms with Crippen molar-refractivity contribution < 1.29 is 9.90 Å². The molecule has 0 spiro atoms. The van der Waals surface area contributed by atoms with Gasteiger partial charge in [-0.25, -0.2) is 0 Å². The Hall–Kier alpha value is -1.57. The lowest BCUT2D eigenvalue weighted by Crippen LogP contribution is -2.45. The van der Waals surface area contributed by atoms with Crippen molar-refractivity contribution in [1.29, 1.82) is 0 Å². The molecular weight excluding hydrogens is 272 g/mol. The summed E-state index contributed by atoms with van der Waals surface area (Å²) in [5, 5.41) is 9.77. The number of phenols is 1. The first-order valence-corrected chi connectivity index (χ1v) is 8.46. The summed E-state index contributed by atoms with van der Waals surface area (Å²) in [6.07, 6.45) is 3.95. The summed E-state index contributed by atoms with van der Waals surface area (Å²) in [6.45, 7) is 8.54. The van der Waals surface area contributed by atoms with Crippen LogP contribution in [0.4, 0.5) is 0 Å². The Morgan fingerprint density at radius 1 is 1.32 bits per heavy atom. The molecule has 1 aromatic carbocycles. The molecule has 0 radical (unpaired) electrons. The maximum atomic E-state index is 12.6. The molecule has 0 heterocycles. The first kappa shape index (κ1) is 14.0. The second-order valence-corrected chi connectivity index (χ2v) is 7.95. The predicted octanol–water partition coefficient (Wildman–Crippen LogP) is 4.23. The van der Waals surface area contributed by atoms with Gasteiger partial charge in [-0.15, -0.1) is 0 Å². The highest BCUT2D eigenvalue weighted by Crippen LogP contribution is 2.61. The van der Waals surface area contributed by atoms with Crippen LogP contribution < -0.4 is 0 Å². The van der Waals surface area contributed by atoms with Crippen molar-refractivity contribution in [2.24, 2.45) is 23.2 Å². The molecule has 3 aliphatic carbocycles. The van der Waals surface area contributed by atoms with Crippen LogP contribution in [-0.4, -0.2) is 10.9 Å². The lowest BCUT2D eigenvalue weighted by Gasteiger charge is -2.50. The summed E-state index contributed by atoms with van der Waals surface area (Å²) in [7, 11) is 0. The fourth-order valence-corrected chi connectivity index (χ4v) is 5.71. The summed E-state index contributed by atoms with van der Waals surface area (Å²) >= 11 is 0. The van der Waals surface area contributed by atoms with E-state index in [-0.39, 0.29) is 5.41 Å². The number of fused-ring (bicyclic) bond motifs is 5. The van der Waals surface area contributed by atoms with Crippen LogP contribution >= 0.6 is 0 Å². The summed E-state index contributed by atoms with van der Waals surface area (Å²) in [5.41, 5.74) is 3.38. The Labute approximate surface area is 132 Å². The highest BCUT2D eigenvalue weighted by molar-refractivity contribution is 6.02. The normalized spacial score (nSPS) is 40.1. The van der Waals surface area contributed by atoms with Crippen LogP contribution in [0, 0.1) is 23.2 Å². The van der Waals surface area contributed by atoms with Crippen LogP contribution in [0.2, 0.25) is 0 Å². The van der Waals surface area contributed by atoms with E-state index in [0.29, 0.717) is 35.2 Å². The minimum Gasteiger partial charge on any atom is -0.508 e. The number of hydrogen-bond donors (Lipinski definition) is 1. The molecule has 0 aromatic heterocycles. The number of carbonyl (C=O) groups is 1. The van der Waals surface area contributed by atoms with Crippen LogP contribution in [0.25, 0.3) is 0 Å². The molecule has 1 N–H and O–H groups in total. The Morgan fingerprint density at radius 3 is 2.86 bits per heavy atom. The van der Waals surface area contributed by atoms with Gasteiger partial charge in [0.25, 0.3) is 0 Å². The highest BCUT2D eigenvalue weighted by atomic mass is 16.3. The fraction of sp³-hybridized carbons (Fsp3) is 0.550. The van der Waals surface area contributed by atoms with Crippen molar-refractivity contribution >= 4 is 5.78 Å². The van der Waals surface area contributed by atoms with E-state index >= 15 is 0 Å². The quantitative estimate of drug-likeness (QED) is 0.727. The first-order chi connectivity index (χ1) is 10.4. The summed E-state index contributed by atoms with van der Waals surface area (Å²) < 4.78 is 0. The van der Waals surface area contributed by atoms with Gasteiger partial charge in [-0.1, -0.05) is 26.5 Å². The minimum absolute atomic E-state index is 0.180. The van der Waals surface area contributed by atoms with Gasteiger partial charge in [0, 0.05) is 5.41 Å². The van der Waals surface area contributed by atoms with E-state index in [0.717, 1.165) is 31.3 Å². The summed E-state index contributed by atoms with van der Waals surface area (Å²) in [6, 6.07) is 5.87. The lowest BCUT2D eigenvalue weighted by atomic mass is 9.53. The van der Waals surface area contributed by atoms with Gasteiger partial charge in [0.1, 0.15) is 5.75 Å². The van der Waals surface area contributed by atoms with E-state index in [4.69, 9.17) is 0 Å². The number of ketones is 1. The molecule has 2 nitrogen and oxygen atoms in total. The number of carbonyl (C=O) groups excluding carboxylic acids is 1. The monoisotopic (exact) mass is 296 g/mol. The van der Waals surface area contributed by atoms with Gasteiger partial charge < -0.3 is 5.11 Å². The standard InChI is InChI=1S/C20H24O2/c1-11-8-13-10-14(21)4-5-15(13)16-6-7-20(3)17(18(11)16)9-12(2)19(20)22/h4-5,10-11,16-18,21H,2,6-9H2,1,3H3/t11-,16?,17?,18?,20+/m1/s1. The number of phenolic OH excluding ortho intramolecular Hbond substituents is 1. The second kappa shape index (κ2) is 4.47. The molecule has 0 saturated heterocycles. The van der Waals surface area contributed by atoms with Crippen LogP contribution in [0.15, 0.2) is 30.4 Å². The molecule has 2 fully saturated rings. The molecule has 0 amide bonds. The van der Waals surface area contributed by atoms with Crippen molar-refractivity contribution in [3.05, 3.63) is 41.5 Å². The fourth-order valence-electron chi connectivity index (χ4n) is 5.71. The van der Waals surface area contributed by atoms with Crippen LogP contribution in [-0.2, 0) is 11.2 Å². The molecule has 22 heavy (non-hydrogen) atoms. The maximum Gasteiger partial charge on any atom is 0.164 e. The van der Waals surface area contributed by atoms with E-state index in [1.165, 1.54) is 11.1 Å². The van der Waals surface area contributed by atoms with E-state index in [1.54, 1.807) is 0 Å². The molecule has 3 aliphatic rings. The second-order valence-electron chi connectivity index (χ2n) is 7.95. The largest absolute Gasteiger partial charge is 0.508 e. The van der Waals surface area contributed by atoms with Gasteiger partial charge in [-0.2, -0.15) is 0 Å². The van der Waals surface area contributed by atoms with E-state index < -0.39 is 0 Å². The topological polar surface area (TPSA) is 37.3 Å². The Morgan fingerprint density at radius 2 is 2.09 bits per heavy atom. The van der Waals surface area contributed by atoms with Crippen molar-refractivity contribution in [2.75, 3.05) is 0 Å². The number of rotatable bonds is 0. The maximum absolute atomic E-state index is 12.6. The zero-order chi connectivity index (χ0) is 15.6. The number of benzene rings is 1. The van der Waals surface area contributed by atoms with Crippen LogP contribution in [0.1, 0.15) is 50.2 Å². The third-order valence-electron chi connectivity index (χ3n) is 6.75. The average Bonchev–Trinajstić information content (AvgIpc) is 2.70. The molecule has 0 aliphatic heterocycles. The molecule has 116 valence electrons. The number of aromatic hydroxyl groups is 1. The third-order valence-corrected chi connectivity index (χ3v) is 6.75. The Bertz CT molecular complexity index is 674. The summed E-state index contributed by atoms with van der Waals surface area (Å²) in [5.74, 6) is 2.80. The van der Waals surface area contributed by atoms with Gasteiger partial charge in [0.05, 0.1) is 0 Å². The number of Topliss-reactive ketones (excluding diaryl/α,β-unsaturated/α-hetero) is 1. The van der Waals surface area contributed by atoms with Crippen molar-refractivity contribution in [1.82, 2.24) is 0 Å². The predicted molar refractivity (Wildman–Crippen MR) is 86.8 cm³/mol.